The van der Waals surface area contributed by atoms with E-state index in [9.17, 15) is 0 Å². The van der Waals surface area contributed by atoms with Gasteiger partial charge in [-0.15, -0.1) is 0 Å². The van der Waals surface area contributed by atoms with Crippen molar-refractivity contribution in [3.05, 3.63) is 34.3 Å². The van der Waals surface area contributed by atoms with Crippen molar-refractivity contribution < 1.29 is 0 Å². The predicted molar refractivity (Wildman–Crippen MR) is 80.5 cm³/mol. The highest BCUT2D eigenvalue weighted by molar-refractivity contribution is 9.10. The summed E-state index contributed by atoms with van der Waals surface area (Å²) < 4.78 is 1.14. The molecular formula is C15H23BrN2. The van der Waals surface area contributed by atoms with Gasteiger partial charge in [0, 0.05) is 22.6 Å². The fourth-order valence-corrected chi connectivity index (χ4v) is 3.07. The van der Waals surface area contributed by atoms with Gasteiger partial charge in [0.1, 0.15) is 0 Å². The zero-order chi connectivity index (χ0) is 13.0. The topological polar surface area (TPSA) is 38.0 Å². The first-order chi connectivity index (χ1) is 8.69. The van der Waals surface area contributed by atoms with Crippen LogP contribution in [-0.2, 0) is 0 Å². The maximum Gasteiger partial charge on any atom is 0.0320 e. The van der Waals surface area contributed by atoms with Crippen molar-refractivity contribution >= 4 is 15.9 Å². The van der Waals surface area contributed by atoms with Crippen molar-refractivity contribution in [3.63, 3.8) is 0 Å². The van der Waals surface area contributed by atoms with Crippen LogP contribution in [0.3, 0.4) is 0 Å². The summed E-state index contributed by atoms with van der Waals surface area (Å²) in [5.74, 6) is 0. The van der Waals surface area contributed by atoms with Crippen molar-refractivity contribution in [2.45, 2.75) is 57.2 Å². The van der Waals surface area contributed by atoms with Crippen LogP contribution in [0.4, 0.5) is 0 Å². The normalized spacial score (nSPS) is 25.9. The van der Waals surface area contributed by atoms with Gasteiger partial charge in [0.05, 0.1) is 0 Å². The van der Waals surface area contributed by atoms with Crippen molar-refractivity contribution in [3.8, 4) is 0 Å². The molecule has 0 saturated heterocycles. The van der Waals surface area contributed by atoms with Crippen LogP contribution >= 0.6 is 15.9 Å². The average molecular weight is 311 g/mol. The molecule has 1 saturated carbocycles. The fraction of sp³-hybridized carbons (Fsp3) is 0.600. The second kappa shape index (κ2) is 6.69. The monoisotopic (exact) mass is 310 g/mol. The molecule has 1 aliphatic carbocycles. The molecule has 3 N–H and O–H groups in total. The van der Waals surface area contributed by atoms with Crippen molar-refractivity contribution in [2.24, 2.45) is 5.73 Å². The molecule has 3 atom stereocenters. The second-order valence-electron chi connectivity index (χ2n) is 5.30. The van der Waals surface area contributed by atoms with Gasteiger partial charge in [-0.25, -0.2) is 0 Å². The zero-order valence-electron chi connectivity index (χ0n) is 11.0. The highest BCUT2D eigenvalue weighted by atomic mass is 79.9. The van der Waals surface area contributed by atoms with Crippen LogP contribution in [0.25, 0.3) is 0 Å². The lowest BCUT2D eigenvalue weighted by Crippen LogP contribution is -2.40. The van der Waals surface area contributed by atoms with E-state index in [2.05, 4.69) is 52.4 Å². The molecule has 0 amide bonds. The van der Waals surface area contributed by atoms with Crippen LogP contribution in [0.5, 0.6) is 0 Å². The molecule has 1 aliphatic rings. The maximum absolute atomic E-state index is 6.05. The summed E-state index contributed by atoms with van der Waals surface area (Å²) in [5.41, 5.74) is 7.43. The maximum atomic E-state index is 6.05. The van der Waals surface area contributed by atoms with Crippen LogP contribution in [0.1, 0.15) is 50.6 Å². The number of halogens is 1. The molecule has 0 aromatic heterocycles. The van der Waals surface area contributed by atoms with E-state index in [1.807, 2.05) is 0 Å². The Bertz CT molecular complexity index is 363. The Balaban J connectivity index is 1.98. The summed E-state index contributed by atoms with van der Waals surface area (Å²) in [4.78, 5) is 0. The second-order valence-corrected chi connectivity index (χ2v) is 6.22. The average Bonchev–Trinajstić information content (AvgIpc) is 2.37. The predicted octanol–water partition coefficient (Wildman–Crippen LogP) is 3.76. The van der Waals surface area contributed by atoms with E-state index in [1.165, 1.54) is 24.8 Å². The molecule has 0 heterocycles. The van der Waals surface area contributed by atoms with Crippen LogP contribution in [0.15, 0.2) is 28.7 Å². The van der Waals surface area contributed by atoms with Crippen molar-refractivity contribution in [1.82, 2.24) is 5.32 Å². The molecule has 0 spiro atoms. The first kappa shape index (κ1) is 14.0. The van der Waals surface area contributed by atoms with E-state index in [-0.39, 0.29) is 0 Å². The molecule has 2 rings (SSSR count). The van der Waals surface area contributed by atoms with E-state index in [4.69, 9.17) is 5.73 Å². The lowest BCUT2D eigenvalue weighted by molar-refractivity contribution is 0.309. The molecule has 100 valence electrons. The summed E-state index contributed by atoms with van der Waals surface area (Å²) in [6, 6.07) is 10.1. The van der Waals surface area contributed by atoms with Gasteiger partial charge in [0.2, 0.25) is 0 Å². The third-order valence-electron chi connectivity index (χ3n) is 3.83. The van der Waals surface area contributed by atoms with E-state index in [1.54, 1.807) is 0 Å². The van der Waals surface area contributed by atoms with Gasteiger partial charge >= 0.3 is 0 Å². The number of hydrogen-bond donors (Lipinski definition) is 2. The van der Waals surface area contributed by atoms with Crippen molar-refractivity contribution in [1.29, 1.82) is 0 Å². The Morgan fingerprint density at radius 2 is 2.06 bits per heavy atom. The van der Waals surface area contributed by atoms with Gasteiger partial charge < -0.3 is 11.1 Å². The van der Waals surface area contributed by atoms with E-state index in [0.29, 0.717) is 18.1 Å². The lowest BCUT2D eigenvalue weighted by Gasteiger charge is -2.31. The first-order valence-corrected chi connectivity index (χ1v) is 7.75. The van der Waals surface area contributed by atoms with Gasteiger partial charge in [-0.1, -0.05) is 41.4 Å². The molecular weight excluding hydrogens is 288 g/mol. The summed E-state index contributed by atoms with van der Waals surface area (Å²) in [5, 5.41) is 3.78. The summed E-state index contributed by atoms with van der Waals surface area (Å²) in [6.45, 7) is 2.24. The Morgan fingerprint density at radius 3 is 2.67 bits per heavy atom. The van der Waals surface area contributed by atoms with E-state index < -0.39 is 0 Å². The largest absolute Gasteiger partial charge is 0.328 e. The van der Waals surface area contributed by atoms with E-state index in [0.717, 1.165) is 17.3 Å². The van der Waals surface area contributed by atoms with Crippen molar-refractivity contribution in [2.75, 3.05) is 0 Å². The first-order valence-electron chi connectivity index (χ1n) is 6.96. The smallest absolute Gasteiger partial charge is 0.0320 e. The summed E-state index contributed by atoms with van der Waals surface area (Å²) >= 11 is 3.49. The summed E-state index contributed by atoms with van der Waals surface area (Å²) in [6.07, 6.45) is 5.95. The molecule has 2 nitrogen and oxygen atoms in total. The molecule has 0 radical (unpaired) electrons. The number of rotatable bonds is 4. The molecule has 3 heteroatoms. The van der Waals surface area contributed by atoms with Crippen LogP contribution in [0.2, 0.25) is 0 Å². The Hall–Kier alpha value is -0.380. The molecule has 0 bridgehead atoms. The summed E-state index contributed by atoms with van der Waals surface area (Å²) in [7, 11) is 0. The standard InChI is InChI=1S/C15H23BrN2/c1-2-15(11-6-8-12(16)9-7-11)18-14-5-3-4-13(17)10-14/h6-9,13-15,18H,2-5,10,17H2,1H3. The minimum Gasteiger partial charge on any atom is -0.328 e. The van der Waals surface area contributed by atoms with Gasteiger partial charge in [-0.2, -0.15) is 0 Å². The molecule has 1 fully saturated rings. The van der Waals surface area contributed by atoms with E-state index >= 15 is 0 Å². The molecule has 18 heavy (non-hydrogen) atoms. The van der Waals surface area contributed by atoms with Gasteiger partial charge in [-0.05, 0) is 43.4 Å². The van der Waals surface area contributed by atoms with Crippen LogP contribution in [0, 0.1) is 0 Å². The number of nitrogens with two attached hydrogens (primary N) is 1. The molecule has 0 aliphatic heterocycles. The molecule has 1 aromatic rings. The highest BCUT2D eigenvalue weighted by Crippen LogP contribution is 2.24. The number of nitrogens with one attached hydrogen (secondary N) is 1. The Labute approximate surface area is 118 Å². The minimum atomic E-state index is 0.388. The molecule has 1 aromatic carbocycles. The molecule has 3 unspecified atom stereocenters. The Kier molecular flexibility index (Phi) is 5.22. The number of hydrogen-bond acceptors (Lipinski definition) is 2. The third-order valence-corrected chi connectivity index (χ3v) is 4.36. The highest BCUT2D eigenvalue weighted by Gasteiger charge is 2.21. The van der Waals surface area contributed by atoms with Crippen LogP contribution in [-0.4, -0.2) is 12.1 Å². The zero-order valence-corrected chi connectivity index (χ0v) is 12.6. The van der Waals surface area contributed by atoms with Gasteiger partial charge in [0.25, 0.3) is 0 Å². The fourth-order valence-electron chi connectivity index (χ4n) is 2.81. The third kappa shape index (κ3) is 3.81. The van der Waals surface area contributed by atoms with Crippen LogP contribution < -0.4 is 11.1 Å². The Morgan fingerprint density at radius 1 is 1.33 bits per heavy atom. The lowest BCUT2D eigenvalue weighted by atomic mass is 9.90. The number of benzene rings is 1. The minimum absolute atomic E-state index is 0.388. The van der Waals surface area contributed by atoms with Gasteiger partial charge in [0.15, 0.2) is 0 Å². The SMILES string of the molecule is CCC(NC1CCCC(N)C1)c1ccc(Br)cc1. The van der Waals surface area contributed by atoms with Gasteiger partial charge in [-0.3, -0.25) is 0 Å². The quantitative estimate of drug-likeness (QED) is 0.888.